The molecule has 6 nitrogen and oxygen atoms in total. The molecule has 0 radical (unpaired) electrons. The number of aryl methyl sites for hydroxylation is 2. The Bertz CT molecular complexity index is 680. The van der Waals surface area contributed by atoms with E-state index in [0.717, 1.165) is 11.1 Å². The van der Waals surface area contributed by atoms with Crippen LogP contribution >= 0.6 is 0 Å². The molecule has 0 saturated heterocycles. The van der Waals surface area contributed by atoms with Gasteiger partial charge in [0.15, 0.2) is 0 Å². The SMILES string of the molecule is Cc1ccc(NC(=O)C(=O)NCCC(O)c2ccco2)cc1C. The number of aliphatic hydroxyl groups is 1. The van der Waals surface area contributed by atoms with Gasteiger partial charge in [-0.25, -0.2) is 0 Å². The van der Waals surface area contributed by atoms with E-state index < -0.39 is 17.9 Å². The molecule has 2 amide bonds. The lowest BCUT2D eigenvalue weighted by atomic mass is 10.1. The molecular formula is C17H20N2O4. The van der Waals surface area contributed by atoms with Crippen LogP contribution in [0.2, 0.25) is 0 Å². The van der Waals surface area contributed by atoms with E-state index in [2.05, 4.69) is 10.6 Å². The predicted molar refractivity (Wildman–Crippen MR) is 85.8 cm³/mol. The van der Waals surface area contributed by atoms with Gasteiger partial charge in [-0.05, 0) is 55.7 Å². The number of nitrogens with one attached hydrogen (secondary N) is 2. The molecule has 0 aliphatic carbocycles. The monoisotopic (exact) mass is 316 g/mol. The lowest BCUT2D eigenvalue weighted by Gasteiger charge is -2.10. The molecule has 0 bridgehead atoms. The van der Waals surface area contributed by atoms with Crippen molar-refractivity contribution in [2.45, 2.75) is 26.4 Å². The summed E-state index contributed by atoms with van der Waals surface area (Å²) in [6.45, 7) is 4.07. The number of aliphatic hydroxyl groups excluding tert-OH is 1. The Labute approximate surface area is 134 Å². The number of rotatable bonds is 5. The van der Waals surface area contributed by atoms with Gasteiger partial charge in [-0.1, -0.05) is 6.07 Å². The summed E-state index contributed by atoms with van der Waals surface area (Å²) in [6.07, 6.45) is 0.915. The number of hydrogen-bond donors (Lipinski definition) is 3. The summed E-state index contributed by atoms with van der Waals surface area (Å²) in [7, 11) is 0. The molecule has 0 aliphatic rings. The fourth-order valence-corrected chi connectivity index (χ4v) is 2.03. The van der Waals surface area contributed by atoms with Gasteiger partial charge in [-0.15, -0.1) is 0 Å². The minimum Gasteiger partial charge on any atom is -0.467 e. The van der Waals surface area contributed by atoms with E-state index in [-0.39, 0.29) is 13.0 Å². The van der Waals surface area contributed by atoms with Crippen LogP contribution in [-0.4, -0.2) is 23.5 Å². The first kappa shape index (κ1) is 16.8. The Morgan fingerprint density at radius 1 is 1.17 bits per heavy atom. The van der Waals surface area contributed by atoms with Gasteiger partial charge >= 0.3 is 11.8 Å². The van der Waals surface area contributed by atoms with Gasteiger partial charge in [-0.3, -0.25) is 9.59 Å². The van der Waals surface area contributed by atoms with E-state index in [1.807, 2.05) is 19.9 Å². The summed E-state index contributed by atoms with van der Waals surface area (Å²) in [5.41, 5.74) is 2.72. The third-order valence-electron chi connectivity index (χ3n) is 3.55. The summed E-state index contributed by atoms with van der Waals surface area (Å²) >= 11 is 0. The van der Waals surface area contributed by atoms with Crippen LogP contribution < -0.4 is 10.6 Å². The first-order valence-corrected chi connectivity index (χ1v) is 7.35. The predicted octanol–water partition coefficient (Wildman–Crippen LogP) is 2.07. The van der Waals surface area contributed by atoms with Crippen molar-refractivity contribution in [2.24, 2.45) is 0 Å². The van der Waals surface area contributed by atoms with E-state index in [1.165, 1.54) is 6.26 Å². The van der Waals surface area contributed by atoms with Crippen molar-refractivity contribution >= 4 is 17.5 Å². The van der Waals surface area contributed by atoms with Crippen molar-refractivity contribution in [2.75, 3.05) is 11.9 Å². The molecule has 0 spiro atoms. The summed E-state index contributed by atoms with van der Waals surface area (Å²) in [5.74, 6) is -1.05. The van der Waals surface area contributed by atoms with Gasteiger partial charge in [0.2, 0.25) is 0 Å². The number of hydrogen-bond acceptors (Lipinski definition) is 4. The van der Waals surface area contributed by atoms with Crippen LogP contribution in [0.25, 0.3) is 0 Å². The van der Waals surface area contributed by atoms with Gasteiger partial charge in [0.05, 0.1) is 6.26 Å². The van der Waals surface area contributed by atoms with Gasteiger partial charge in [0.25, 0.3) is 0 Å². The normalized spacial score (nSPS) is 11.8. The zero-order valence-electron chi connectivity index (χ0n) is 13.1. The number of amides is 2. The largest absolute Gasteiger partial charge is 0.467 e. The molecule has 2 rings (SSSR count). The minimum atomic E-state index is -0.812. The number of furan rings is 1. The second kappa shape index (κ2) is 7.60. The summed E-state index contributed by atoms with van der Waals surface area (Å²) in [4.78, 5) is 23.5. The highest BCUT2D eigenvalue weighted by Gasteiger charge is 2.15. The Balaban J connectivity index is 1.78. The fourth-order valence-electron chi connectivity index (χ4n) is 2.03. The van der Waals surface area contributed by atoms with Crippen molar-refractivity contribution in [3.8, 4) is 0 Å². The minimum absolute atomic E-state index is 0.168. The van der Waals surface area contributed by atoms with Gasteiger partial charge < -0.3 is 20.2 Å². The standard InChI is InChI=1S/C17H20N2O4/c1-11-5-6-13(10-12(11)2)19-17(22)16(21)18-8-7-14(20)15-4-3-9-23-15/h3-6,9-10,14,20H,7-8H2,1-2H3,(H,18,21)(H,19,22). The molecule has 3 N–H and O–H groups in total. The van der Waals surface area contributed by atoms with Crippen LogP contribution in [0.1, 0.15) is 29.4 Å². The average molecular weight is 316 g/mol. The molecule has 6 heteroatoms. The Morgan fingerprint density at radius 3 is 2.61 bits per heavy atom. The second-order valence-electron chi connectivity index (χ2n) is 5.33. The maximum atomic E-state index is 11.8. The smallest absolute Gasteiger partial charge is 0.313 e. The molecule has 1 aromatic carbocycles. The quantitative estimate of drug-likeness (QED) is 0.736. The first-order valence-electron chi connectivity index (χ1n) is 7.35. The van der Waals surface area contributed by atoms with Crippen LogP contribution in [0.15, 0.2) is 41.0 Å². The third-order valence-corrected chi connectivity index (χ3v) is 3.55. The van der Waals surface area contributed by atoms with Crippen LogP contribution in [0.5, 0.6) is 0 Å². The van der Waals surface area contributed by atoms with Crippen LogP contribution in [-0.2, 0) is 9.59 Å². The van der Waals surface area contributed by atoms with Crippen molar-refractivity contribution in [3.63, 3.8) is 0 Å². The molecule has 1 atom stereocenters. The molecule has 1 heterocycles. The Hall–Kier alpha value is -2.60. The third kappa shape index (κ3) is 4.69. The summed E-state index contributed by atoms with van der Waals surface area (Å²) in [5, 5.41) is 14.8. The molecule has 2 aromatic rings. The van der Waals surface area contributed by atoms with Crippen molar-refractivity contribution in [1.82, 2.24) is 5.32 Å². The topological polar surface area (TPSA) is 91.6 Å². The summed E-state index contributed by atoms with van der Waals surface area (Å²) < 4.78 is 5.06. The van der Waals surface area contributed by atoms with Crippen LogP contribution in [0.4, 0.5) is 5.69 Å². The van der Waals surface area contributed by atoms with E-state index in [9.17, 15) is 14.7 Å². The molecule has 1 unspecified atom stereocenters. The summed E-state index contributed by atoms with van der Waals surface area (Å²) in [6, 6.07) is 8.75. The van der Waals surface area contributed by atoms with E-state index in [1.54, 1.807) is 24.3 Å². The fraction of sp³-hybridized carbons (Fsp3) is 0.294. The van der Waals surface area contributed by atoms with Gasteiger partial charge in [0.1, 0.15) is 11.9 Å². The van der Waals surface area contributed by atoms with Crippen molar-refractivity contribution in [1.29, 1.82) is 0 Å². The molecule has 0 fully saturated rings. The maximum Gasteiger partial charge on any atom is 0.313 e. The molecule has 23 heavy (non-hydrogen) atoms. The van der Waals surface area contributed by atoms with E-state index in [0.29, 0.717) is 11.4 Å². The Kier molecular flexibility index (Phi) is 5.54. The number of anilines is 1. The van der Waals surface area contributed by atoms with E-state index in [4.69, 9.17) is 4.42 Å². The van der Waals surface area contributed by atoms with Crippen molar-refractivity contribution in [3.05, 3.63) is 53.5 Å². The molecule has 0 saturated carbocycles. The zero-order valence-corrected chi connectivity index (χ0v) is 13.1. The van der Waals surface area contributed by atoms with E-state index >= 15 is 0 Å². The number of carbonyl (C=O) groups is 2. The van der Waals surface area contributed by atoms with Crippen LogP contribution in [0.3, 0.4) is 0 Å². The lowest BCUT2D eigenvalue weighted by Crippen LogP contribution is -2.36. The number of carbonyl (C=O) groups excluding carboxylic acids is 2. The number of benzene rings is 1. The second-order valence-corrected chi connectivity index (χ2v) is 5.33. The molecule has 1 aromatic heterocycles. The zero-order chi connectivity index (χ0) is 16.8. The lowest BCUT2D eigenvalue weighted by molar-refractivity contribution is -0.136. The molecular weight excluding hydrogens is 296 g/mol. The maximum absolute atomic E-state index is 11.8. The highest BCUT2D eigenvalue weighted by Crippen LogP contribution is 2.16. The average Bonchev–Trinajstić information content (AvgIpc) is 3.05. The molecule has 0 aliphatic heterocycles. The highest BCUT2D eigenvalue weighted by molar-refractivity contribution is 6.39. The highest BCUT2D eigenvalue weighted by atomic mass is 16.4. The van der Waals surface area contributed by atoms with Gasteiger partial charge in [0, 0.05) is 12.2 Å². The van der Waals surface area contributed by atoms with Crippen LogP contribution in [0, 0.1) is 13.8 Å². The molecule has 122 valence electrons. The first-order chi connectivity index (χ1) is 11.0. The van der Waals surface area contributed by atoms with Crippen molar-refractivity contribution < 1.29 is 19.1 Å². The van der Waals surface area contributed by atoms with Gasteiger partial charge in [-0.2, -0.15) is 0 Å². The Morgan fingerprint density at radius 2 is 1.96 bits per heavy atom.